The van der Waals surface area contributed by atoms with Crippen molar-refractivity contribution in [3.63, 3.8) is 0 Å². The van der Waals surface area contributed by atoms with Gasteiger partial charge in [0.05, 0.1) is 6.20 Å². The molecular weight excluding hydrogens is 266 g/mol. The Morgan fingerprint density at radius 3 is 2.74 bits per heavy atom. The number of aliphatic hydroxyl groups excluding tert-OH is 1. The van der Waals surface area contributed by atoms with Crippen LogP contribution < -0.4 is 0 Å². The van der Waals surface area contributed by atoms with Crippen molar-refractivity contribution < 1.29 is 13.5 Å². The maximum atomic E-state index is 12.6. The summed E-state index contributed by atoms with van der Waals surface area (Å²) in [6, 6.07) is 0.0740. The molecule has 1 aromatic heterocycles. The van der Waals surface area contributed by atoms with E-state index in [-0.39, 0.29) is 17.7 Å². The van der Waals surface area contributed by atoms with Crippen LogP contribution in [0.5, 0.6) is 0 Å². The highest BCUT2D eigenvalue weighted by Gasteiger charge is 2.35. The standard InChI is InChI=1S/C12H21N3O3S/c1-2-11-13-9-12(14-11)19(17,18)15(7-4-8-16)10-5-3-6-10/h9-10,16H,2-8H2,1H3,(H,13,14). The number of aryl methyl sites for hydroxylation is 1. The Balaban J connectivity index is 2.22. The lowest BCUT2D eigenvalue weighted by atomic mass is 9.93. The Morgan fingerprint density at radius 2 is 2.26 bits per heavy atom. The van der Waals surface area contributed by atoms with Crippen LogP contribution in [0.3, 0.4) is 0 Å². The fourth-order valence-corrected chi connectivity index (χ4v) is 3.84. The minimum absolute atomic E-state index is 0.00191. The first kappa shape index (κ1) is 14.5. The molecular formula is C12H21N3O3S. The molecule has 1 fully saturated rings. The van der Waals surface area contributed by atoms with E-state index < -0.39 is 10.0 Å². The van der Waals surface area contributed by atoms with Crippen molar-refractivity contribution in [3.05, 3.63) is 12.0 Å². The summed E-state index contributed by atoms with van der Waals surface area (Å²) < 4.78 is 26.7. The van der Waals surface area contributed by atoms with Gasteiger partial charge >= 0.3 is 0 Å². The first-order valence-electron chi connectivity index (χ1n) is 6.76. The second-order valence-electron chi connectivity index (χ2n) is 4.83. The summed E-state index contributed by atoms with van der Waals surface area (Å²) in [6.45, 7) is 2.29. The van der Waals surface area contributed by atoms with Gasteiger partial charge in [-0.1, -0.05) is 13.3 Å². The predicted octanol–water partition coefficient (Wildman–Crippen LogP) is 0.898. The maximum absolute atomic E-state index is 12.6. The fraction of sp³-hybridized carbons (Fsp3) is 0.750. The van der Waals surface area contributed by atoms with Crippen LogP contribution in [0.1, 0.15) is 38.4 Å². The minimum Gasteiger partial charge on any atom is -0.396 e. The van der Waals surface area contributed by atoms with E-state index in [0.29, 0.717) is 25.2 Å². The Bertz CT molecular complexity index is 508. The minimum atomic E-state index is -3.52. The highest BCUT2D eigenvalue weighted by molar-refractivity contribution is 7.89. The van der Waals surface area contributed by atoms with Crippen molar-refractivity contribution >= 4 is 10.0 Å². The molecule has 0 bridgehead atoms. The third kappa shape index (κ3) is 2.98. The number of nitrogens with zero attached hydrogens (tertiary/aromatic N) is 2. The van der Waals surface area contributed by atoms with Gasteiger partial charge in [-0.2, -0.15) is 4.31 Å². The molecule has 2 rings (SSSR count). The van der Waals surface area contributed by atoms with Crippen molar-refractivity contribution in [2.45, 2.75) is 50.1 Å². The first-order valence-corrected chi connectivity index (χ1v) is 8.20. The highest BCUT2D eigenvalue weighted by Crippen LogP contribution is 2.29. The number of sulfonamides is 1. The van der Waals surface area contributed by atoms with Gasteiger partial charge in [-0.15, -0.1) is 0 Å². The molecule has 7 heteroatoms. The van der Waals surface area contributed by atoms with E-state index in [0.717, 1.165) is 19.3 Å². The monoisotopic (exact) mass is 287 g/mol. The lowest BCUT2D eigenvalue weighted by Crippen LogP contribution is -2.44. The maximum Gasteiger partial charge on any atom is 0.260 e. The van der Waals surface area contributed by atoms with Crippen LogP contribution >= 0.6 is 0 Å². The molecule has 0 atom stereocenters. The number of hydrogen-bond acceptors (Lipinski definition) is 4. The second-order valence-corrected chi connectivity index (χ2v) is 6.68. The average Bonchev–Trinajstić information content (AvgIpc) is 2.81. The lowest BCUT2D eigenvalue weighted by Gasteiger charge is -2.36. The largest absolute Gasteiger partial charge is 0.396 e. The van der Waals surface area contributed by atoms with Crippen molar-refractivity contribution in [1.82, 2.24) is 14.3 Å². The molecule has 19 heavy (non-hydrogen) atoms. The lowest BCUT2D eigenvalue weighted by molar-refractivity contribution is 0.198. The van der Waals surface area contributed by atoms with E-state index in [1.54, 1.807) is 0 Å². The van der Waals surface area contributed by atoms with E-state index in [1.807, 2.05) is 6.92 Å². The average molecular weight is 287 g/mol. The van der Waals surface area contributed by atoms with E-state index in [1.165, 1.54) is 10.5 Å². The molecule has 0 aliphatic heterocycles. The highest BCUT2D eigenvalue weighted by atomic mass is 32.2. The normalized spacial score (nSPS) is 16.8. The van der Waals surface area contributed by atoms with E-state index in [9.17, 15) is 8.42 Å². The SMILES string of the molecule is CCc1ncc(S(=O)(=O)N(CCCO)C2CCC2)[nH]1. The Hall–Kier alpha value is -0.920. The van der Waals surface area contributed by atoms with E-state index >= 15 is 0 Å². The number of aromatic amines is 1. The summed E-state index contributed by atoms with van der Waals surface area (Å²) in [5.41, 5.74) is 0. The van der Waals surface area contributed by atoms with E-state index in [4.69, 9.17) is 5.11 Å². The summed E-state index contributed by atoms with van der Waals surface area (Å²) in [6.07, 6.45) is 5.40. The molecule has 1 aliphatic carbocycles. The molecule has 2 N–H and O–H groups in total. The number of hydrogen-bond donors (Lipinski definition) is 2. The smallest absolute Gasteiger partial charge is 0.260 e. The molecule has 1 aromatic rings. The number of nitrogens with one attached hydrogen (secondary N) is 1. The molecule has 0 spiro atoms. The molecule has 1 saturated carbocycles. The quantitative estimate of drug-likeness (QED) is 0.780. The number of aliphatic hydroxyl groups is 1. The van der Waals surface area contributed by atoms with Gasteiger partial charge in [-0.3, -0.25) is 0 Å². The number of aromatic nitrogens is 2. The zero-order chi connectivity index (χ0) is 13.9. The van der Waals surface area contributed by atoms with Gasteiger partial charge in [0.25, 0.3) is 10.0 Å². The van der Waals surface area contributed by atoms with Crippen LogP contribution in [0, 0.1) is 0 Å². The fourth-order valence-electron chi connectivity index (χ4n) is 2.18. The molecule has 0 radical (unpaired) electrons. The first-order chi connectivity index (χ1) is 9.09. The molecule has 0 unspecified atom stereocenters. The van der Waals surface area contributed by atoms with Crippen LogP contribution in [0.2, 0.25) is 0 Å². The van der Waals surface area contributed by atoms with Crippen LogP contribution in [-0.4, -0.2) is 47.0 Å². The predicted molar refractivity (Wildman–Crippen MR) is 71.2 cm³/mol. The van der Waals surface area contributed by atoms with Gasteiger partial charge in [-0.05, 0) is 19.3 Å². The third-order valence-electron chi connectivity index (χ3n) is 3.55. The van der Waals surface area contributed by atoms with Gasteiger partial charge in [0, 0.05) is 25.6 Å². The molecule has 108 valence electrons. The molecule has 6 nitrogen and oxygen atoms in total. The zero-order valence-electron chi connectivity index (χ0n) is 11.2. The summed E-state index contributed by atoms with van der Waals surface area (Å²) in [4.78, 5) is 6.92. The second kappa shape index (κ2) is 6.02. The van der Waals surface area contributed by atoms with Crippen molar-refractivity contribution in [2.75, 3.05) is 13.2 Å². The summed E-state index contributed by atoms with van der Waals surface area (Å²) in [7, 11) is -3.52. The van der Waals surface area contributed by atoms with Gasteiger partial charge in [-0.25, -0.2) is 13.4 Å². The van der Waals surface area contributed by atoms with Crippen LogP contribution in [0.25, 0.3) is 0 Å². The van der Waals surface area contributed by atoms with Crippen LogP contribution in [-0.2, 0) is 16.4 Å². The number of H-pyrrole nitrogens is 1. The summed E-state index contributed by atoms with van der Waals surface area (Å²) in [5, 5.41) is 9.09. The third-order valence-corrected chi connectivity index (χ3v) is 5.41. The number of rotatable bonds is 7. The van der Waals surface area contributed by atoms with Crippen LogP contribution in [0.15, 0.2) is 11.2 Å². The molecule has 1 aliphatic rings. The Morgan fingerprint density at radius 1 is 1.53 bits per heavy atom. The molecule has 0 amide bonds. The van der Waals surface area contributed by atoms with E-state index in [2.05, 4.69) is 9.97 Å². The molecule has 1 heterocycles. The topological polar surface area (TPSA) is 86.3 Å². The van der Waals surface area contributed by atoms with Crippen molar-refractivity contribution in [2.24, 2.45) is 0 Å². The zero-order valence-corrected chi connectivity index (χ0v) is 12.0. The van der Waals surface area contributed by atoms with Crippen molar-refractivity contribution in [3.8, 4) is 0 Å². The van der Waals surface area contributed by atoms with Crippen LogP contribution in [0.4, 0.5) is 0 Å². The van der Waals surface area contributed by atoms with Gasteiger partial charge < -0.3 is 10.1 Å². The molecule has 0 saturated heterocycles. The molecule has 0 aromatic carbocycles. The summed E-state index contributed by atoms with van der Waals surface area (Å²) >= 11 is 0. The van der Waals surface area contributed by atoms with Crippen molar-refractivity contribution in [1.29, 1.82) is 0 Å². The van der Waals surface area contributed by atoms with Gasteiger partial charge in [0.1, 0.15) is 5.82 Å². The Labute approximate surface area is 113 Å². The van der Waals surface area contributed by atoms with Gasteiger partial charge in [0.2, 0.25) is 0 Å². The summed E-state index contributed by atoms with van der Waals surface area (Å²) in [5.74, 6) is 0.675. The van der Waals surface area contributed by atoms with Gasteiger partial charge in [0.15, 0.2) is 5.03 Å². The number of imidazole rings is 1. The Kier molecular flexibility index (Phi) is 4.59.